The van der Waals surface area contributed by atoms with E-state index in [1.54, 1.807) is 6.20 Å². The molecule has 0 amide bonds. The lowest BCUT2D eigenvalue weighted by Gasteiger charge is -2.09. The summed E-state index contributed by atoms with van der Waals surface area (Å²) in [5, 5.41) is 3.24. The predicted molar refractivity (Wildman–Crippen MR) is 78.5 cm³/mol. The van der Waals surface area contributed by atoms with Gasteiger partial charge in [-0.05, 0) is 52.7 Å². The molecular formula is C12H11Br2N3. The standard InChI is InChI=1S/C12H11Br2N3/c1-7-4-12(16-6-10(7)15)17-11-5-8(13)2-3-9(11)14/h2-6H,15H2,1H3,(H,16,17). The number of aryl methyl sites for hydroxylation is 1. The molecule has 0 saturated carbocycles. The van der Waals surface area contributed by atoms with Crippen LogP contribution in [-0.2, 0) is 0 Å². The van der Waals surface area contributed by atoms with Crippen LogP contribution >= 0.6 is 31.9 Å². The summed E-state index contributed by atoms with van der Waals surface area (Å²) in [6, 6.07) is 7.84. The zero-order valence-corrected chi connectivity index (χ0v) is 12.3. The van der Waals surface area contributed by atoms with Gasteiger partial charge in [-0.25, -0.2) is 4.98 Å². The number of hydrogen-bond donors (Lipinski definition) is 2. The van der Waals surface area contributed by atoms with Crippen LogP contribution in [-0.4, -0.2) is 4.98 Å². The quantitative estimate of drug-likeness (QED) is 0.846. The highest BCUT2D eigenvalue weighted by Gasteiger charge is 2.03. The van der Waals surface area contributed by atoms with Gasteiger partial charge in [0.15, 0.2) is 0 Å². The second-order valence-corrected chi connectivity index (χ2v) is 5.45. The second kappa shape index (κ2) is 5.06. The minimum atomic E-state index is 0.698. The van der Waals surface area contributed by atoms with E-state index in [2.05, 4.69) is 42.2 Å². The first-order valence-electron chi connectivity index (χ1n) is 5.00. The van der Waals surface area contributed by atoms with Crippen LogP contribution in [0.4, 0.5) is 17.2 Å². The summed E-state index contributed by atoms with van der Waals surface area (Å²) in [5.41, 5.74) is 8.39. The normalized spacial score (nSPS) is 10.3. The fraction of sp³-hybridized carbons (Fsp3) is 0.0833. The zero-order valence-electron chi connectivity index (χ0n) is 9.17. The smallest absolute Gasteiger partial charge is 0.130 e. The Balaban J connectivity index is 2.31. The highest BCUT2D eigenvalue weighted by Crippen LogP contribution is 2.28. The van der Waals surface area contributed by atoms with E-state index in [4.69, 9.17) is 5.73 Å². The Morgan fingerprint density at radius 3 is 2.71 bits per heavy atom. The van der Waals surface area contributed by atoms with Crippen molar-refractivity contribution in [2.75, 3.05) is 11.1 Å². The fourth-order valence-corrected chi connectivity index (χ4v) is 2.07. The van der Waals surface area contributed by atoms with Gasteiger partial charge in [-0.3, -0.25) is 0 Å². The first-order chi connectivity index (χ1) is 8.06. The van der Waals surface area contributed by atoms with Gasteiger partial charge in [-0.1, -0.05) is 15.9 Å². The molecule has 2 aromatic rings. The monoisotopic (exact) mass is 355 g/mol. The topological polar surface area (TPSA) is 50.9 Å². The Labute approximate surface area is 117 Å². The minimum absolute atomic E-state index is 0.698. The number of anilines is 3. The van der Waals surface area contributed by atoms with Gasteiger partial charge in [0.25, 0.3) is 0 Å². The summed E-state index contributed by atoms with van der Waals surface area (Å²) >= 11 is 6.92. The lowest BCUT2D eigenvalue weighted by molar-refractivity contribution is 1.27. The molecule has 0 radical (unpaired) electrons. The van der Waals surface area contributed by atoms with Gasteiger partial charge >= 0.3 is 0 Å². The van der Waals surface area contributed by atoms with Crippen molar-refractivity contribution < 1.29 is 0 Å². The van der Waals surface area contributed by atoms with Gasteiger partial charge < -0.3 is 11.1 Å². The van der Waals surface area contributed by atoms with Gasteiger partial charge in [0, 0.05) is 8.95 Å². The number of pyridine rings is 1. The number of nitrogen functional groups attached to an aromatic ring is 1. The molecule has 0 aliphatic carbocycles. The number of aromatic nitrogens is 1. The molecule has 17 heavy (non-hydrogen) atoms. The second-order valence-electron chi connectivity index (χ2n) is 3.68. The molecule has 0 aliphatic rings. The highest BCUT2D eigenvalue weighted by atomic mass is 79.9. The number of nitrogens with two attached hydrogens (primary N) is 1. The summed E-state index contributed by atoms with van der Waals surface area (Å²) in [6.45, 7) is 1.96. The van der Waals surface area contributed by atoms with Crippen molar-refractivity contribution >= 4 is 49.1 Å². The molecule has 1 aromatic carbocycles. The molecule has 3 N–H and O–H groups in total. The molecule has 1 aromatic heterocycles. The number of benzene rings is 1. The highest BCUT2D eigenvalue weighted by molar-refractivity contribution is 9.11. The molecule has 0 aliphatic heterocycles. The van der Waals surface area contributed by atoms with Crippen LogP contribution in [0.5, 0.6) is 0 Å². The van der Waals surface area contributed by atoms with Crippen molar-refractivity contribution in [3.8, 4) is 0 Å². The third-order valence-electron chi connectivity index (χ3n) is 2.34. The summed E-state index contributed by atoms with van der Waals surface area (Å²) < 4.78 is 1.99. The molecule has 1 heterocycles. The lowest BCUT2D eigenvalue weighted by atomic mass is 10.2. The average molecular weight is 357 g/mol. The maximum atomic E-state index is 5.73. The molecule has 3 nitrogen and oxygen atoms in total. The van der Waals surface area contributed by atoms with Crippen LogP contribution in [0.2, 0.25) is 0 Å². The summed E-state index contributed by atoms with van der Waals surface area (Å²) in [6.07, 6.45) is 1.66. The Bertz CT molecular complexity index is 555. The third-order valence-corrected chi connectivity index (χ3v) is 3.53. The third kappa shape index (κ3) is 2.98. The largest absolute Gasteiger partial charge is 0.397 e. The molecule has 0 unspecified atom stereocenters. The van der Waals surface area contributed by atoms with Gasteiger partial charge in [0.1, 0.15) is 5.82 Å². The van der Waals surface area contributed by atoms with Gasteiger partial charge in [0.05, 0.1) is 17.6 Å². The summed E-state index contributed by atoms with van der Waals surface area (Å²) in [7, 11) is 0. The van der Waals surface area contributed by atoms with E-state index in [1.165, 1.54) is 0 Å². The van der Waals surface area contributed by atoms with E-state index in [0.29, 0.717) is 5.69 Å². The molecule has 0 saturated heterocycles. The van der Waals surface area contributed by atoms with E-state index < -0.39 is 0 Å². The number of rotatable bonds is 2. The minimum Gasteiger partial charge on any atom is -0.397 e. The fourth-order valence-electron chi connectivity index (χ4n) is 1.37. The molecule has 88 valence electrons. The van der Waals surface area contributed by atoms with E-state index >= 15 is 0 Å². The van der Waals surface area contributed by atoms with Crippen molar-refractivity contribution in [1.82, 2.24) is 4.98 Å². The van der Waals surface area contributed by atoms with E-state index in [0.717, 1.165) is 26.0 Å². The number of nitrogens with zero attached hydrogens (tertiary/aromatic N) is 1. The molecule has 0 fully saturated rings. The van der Waals surface area contributed by atoms with Crippen LogP contribution in [0.1, 0.15) is 5.56 Å². The Morgan fingerprint density at radius 1 is 1.24 bits per heavy atom. The number of halogens is 2. The maximum absolute atomic E-state index is 5.73. The van der Waals surface area contributed by atoms with Gasteiger partial charge in [0.2, 0.25) is 0 Å². The molecule has 0 atom stereocenters. The van der Waals surface area contributed by atoms with Crippen molar-refractivity contribution in [2.45, 2.75) is 6.92 Å². The van der Waals surface area contributed by atoms with Gasteiger partial charge in [-0.15, -0.1) is 0 Å². The van der Waals surface area contributed by atoms with Crippen LogP contribution in [0, 0.1) is 6.92 Å². The Morgan fingerprint density at radius 2 is 2.00 bits per heavy atom. The number of hydrogen-bond acceptors (Lipinski definition) is 3. The first kappa shape index (κ1) is 12.4. The Hall–Kier alpha value is -1.07. The van der Waals surface area contributed by atoms with Crippen LogP contribution in [0.3, 0.4) is 0 Å². The van der Waals surface area contributed by atoms with Crippen LogP contribution in [0.25, 0.3) is 0 Å². The van der Waals surface area contributed by atoms with E-state index in [-0.39, 0.29) is 0 Å². The molecular weight excluding hydrogens is 346 g/mol. The SMILES string of the molecule is Cc1cc(Nc2cc(Br)ccc2Br)ncc1N. The zero-order chi connectivity index (χ0) is 12.4. The van der Waals surface area contributed by atoms with Gasteiger partial charge in [-0.2, -0.15) is 0 Å². The van der Waals surface area contributed by atoms with Crippen LogP contribution < -0.4 is 11.1 Å². The average Bonchev–Trinajstić information content (AvgIpc) is 2.29. The van der Waals surface area contributed by atoms with Crippen molar-refractivity contribution in [1.29, 1.82) is 0 Å². The predicted octanol–water partition coefficient (Wildman–Crippen LogP) is 4.24. The maximum Gasteiger partial charge on any atom is 0.130 e. The first-order valence-corrected chi connectivity index (χ1v) is 6.59. The van der Waals surface area contributed by atoms with E-state index in [1.807, 2.05) is 31.2 Å². The summed E-state index contributed by atoms with van der Waals surface area (Å²) in [5.74, 6) is 0.774. The van der Waals surface area contributed by atoms with Crippen molar-refractivity contribution in [3.05, 3.63) is 45.0 Å². The lowest BCUT2D eigenvalue weighted by Crippen LogP contribution is -1.97. The number of nitrogens with one attached hydrogen (secondary N) is 1. The molecule has 2 rings (SSSR count). The molecule has 5 heteroatoms. The van der Waals surface area contributed by atoms with Crippen molar-refractivity contribution in [2.24, 2.45) is 0 Å². The molecule has 0 bridgehead atoms. The molecule has 0 spiro atoms. The van der Waals surface area contributed by atoms with Crippen molar-refractivity contribution in [3.63, 3.8) is 0 Å². The Kier molecular flexibility index (Phi) is 3.69. The van der Waals surface area contributed by atoms with E-state index in [9.17, 15) is 0 Å². The summed E-state index contributed by atoms with van der Waals surface area (Å²) in [4.78, 5) is 4.23. The van der Waals surface area contributed by atoms with Crippen LogP contribution in [0.15, 0.2) is 39.4 Å².